The minimum Gasteiger partial charge on any atom is -0.394 e. The lowest BCUT2D eigenvalue weighted by molar-refractivity contribution is 0.234. The van der Waals surface area contributed by atoms with Gasteiger partial charge in [0.05, 0.1) is 17.5 Å². The van der Waals surface area contributed by atoms with Crippen LogP contribution in [0.4, 0.5) is 5.82 Å². The minimum atomic E-state index is -0.465. The lowest BCUT2D eigenvalue weighted by atomic mass is 10.0. The van der Waals surface area contributed by atoms with Crippen molar-refractivity contribution < 1.29 is 5.11 Å². The fourth-order valence-electron chi connectivity index (χ4n) is 2.34. The molecule has 0 spiro atoms. The molecule has 23 heavy (non-hydrogen) atoms. The molecule has 0 saturated carbocycles. The van der Waals surface area contributed by atoms with E-state index >= 15 is 0 Å². The third-order valence-corrected chi connectivity index (χ3v) is 4.68. The van der Waals surface area contributed by atoms with Gasteiger partial charge in [-0.2, -0.15) is 0 Å². The van der Waals surface area contributed by atoms with E-state index in [9.17, 15) is 5.11 Å². The Morgan fingerprint density at radius 2 is 1.91 bits per heavy atom. The van der Waals surface area contributed by atoms with Gasteiger partial charge in [0.2, 0.25) is 0 Å². The molecule has 3 aromatic rings. The molecule has 3 rings (SSSR count). The standard InChI is InChI=1S/C17H18ClN3OS/c1-10-19-15(21-17(2,3)9-22)14-13(8-23-16(14)20-10)11-4-6-12(18)7-5-11/h4-8,22H,9H2,1-3H3,(H,19,20,21). The van der Waals surface area contributed by atoms with Crippen LogP contribution in [0.15, 0.2) is 29.6 Å². The maximum Gasteiger partial charge on any atom is 0.139 e. The van der Waals surface area contributed by atoms with Gasteiger partial charge in [0.1, 0.15) is 16.5 Å². The fourth-order valence-corrected chi connectivity index (χ4v) is 3.46. The largest absolute Gasteiger partial charge is 0.394 e. The lowest BCUT2D eigenvalue weighted by Crippen LogP contribution is -2.35. The molecule has 1 aromatic carbocycles. The predicted octanol–water partition coefficient (Wildman–Crippen LogP) is 4.50. The minimum absolute atomic E-state index is 0.0119. The van der Waals surface area contributed by atoms with Crippen LogP contribution >= 0.6 is 22.9 Å². The summed E-state index contributed by atoms with van der Waals surface area (Å²) in [6.45, 7) is 5.76. The first-order valence-electron chi connectivity index (χ1n) is 7.30. The molecule has 0 amide bonds. The van der Waals surface area contributed by atoms with E-state index in [0.717, 1.165) is 27.2 Å². The number of aromatic nitrogens is 2. The van der Waals surface area contributed by atoms with Gasteiger partial charge in [-0.1, -0.05) is 23.7 Å². The SMILES string of the molecule is Cc1nc(NC(C)(C)CO)c2c(-c3ccc(Cl)cc3)csc2n1. The number of aryl methyl sites for hydroxylation is 1. The van der Waals surface area contributed by atoms with Gasteiger partial charge in [0, 0.05) is 16.0 Å². The first-order chi connectivity index (χ1) is 10.9. The monoisotopic (exact) mass is 347 g/mol. The van der Waals surface area contributed by atoms with Crippen LogP contribution in [0.3, 0.4) is 0 Å². The van der Waals surface area contributed by atoms with Crippen molar-refractivity contribution in [2.24, 2.45) is 0 Å². The van der Waals surface area contributed by atoms with Gasteiger partial charge in [-0.3, -0.25) is 0 Å². The van der Waals surface area contributed by atoms with Crippen LogP contribution in [0.2, 0.25) is 5.02 Å². The number of anilines is 1. The van der Waals surface area contributed by atoms with Gasteiger partial charge in [0.25, 0.3) is 0 Å². The molecule has 0 bridgehead atoms. The van der Waals surface area contributed by atoms with Crippen molar-refractivity contribution in [2.45, 2.75) is 26.3 Å². The zero-order valence-corrected chi connectivity index (χ0v) is 14.8. The van der Waals surface area contributed by atoms with Crippen molar-refractivity contribution in [1.82, 2.24) is 9.97 Å². The Bertz CT molecular complexity index is 843. The highest BCUT2D eigenvalue weighted by Gasteiger charge is 2.21. The van der Waals surface area contributed by atoms with Crippen LogP contribution in [0.5, 0.6) is 0 Å². The molecule has 2 heterocycles. The van der Waals surface area contributed by atoms with Gasteiger partial charge < -0.3 is 10.4 Å². The van der Waals surface area contributed by atoms with E-state index in [4.69, 9.17) is 11.6 Å². The Morgan fingerprint density at radius 1 is 1.22 bits per heavy atom. The van der Waals surface area contributed by atoms with Gasteiger partial charge in [-0.25, -0.2) is 9.97 Å². The number of aliphatic hydroxyl groups excluding tert-OH is 1. The van der Waals surface area contributed by atoms with E-state index in [1.165, 1.54) is 0 Å². The Hall–Kier alpha value is -1.69. The predicted molar refractivity (Wildman–Crippen MR) is 97.4 cm³/mol. The summed E-state index contributed by atoms with van der Waals surface area (Å²) in [5.74, 6) is 1.45. The Balaban J connectivity index is 2.19. The van der Waals surface area contributed by atoms with Gasteiger partial charge in [-0.15, -0.1) is 11.3 Å². The molecular weight excluding hydrogens is 330 g/mol. The number of fused-ring (bicyclic) bond motifs is 1. The van der Waals surface area contributed by atoms with Crippen molar-refractivity contribution in [2.75, 3.05) is 11.9 Å². The van der Waals surface area contributed by atoms with Crippen molar-refractivity contribution in [3.63, 3.8) is 0 Å². The van der Waals surface area contributed by atoms with Gasteiger partial charge >= 0.3 is 0 Å². The molecule has 0 aliphatic carbocycles. The summed E-state index contributed by atoms with van der Waals surface area (Å²) in [6.07, 6.45) is 0. The van der Waals surface area contributed by atoms with E-state index in [-0.39, 0.29) is 6.61 Å². The van der Waals surface area contributed by atoms with Crippen molar-refractivity contribution >= 4 is 39.0 Å². The highest BCUT2D eigenvalue weighted by atomic mass is 35.5. The molecule has 0 radical (unpaired) electrons. The van der Waals surface area contributed by atoms with Crippen LogP contribution < -0.4 is 5.32 Å². The summed E-state index contributed by atoms with van der Waals surface area (Å²) in [7, 11) is 0. The summed E-state index contributed by atoms with van der Waals surface area (Å²) < 4.78 is 0. The summed E-state index contributed by atoms with van der Waals surface area (Å²) in [6, 6.07) is 7.73. The third-order valence-electron chi connectivity index (χ3n) is 3.55. The fraction of sp³-hybridized carbons (Fsp3) is 0.294. The Kier molecular flexibility index (Phi) is 4.27. The summed E-state index contributed by atoms with van der Waals surface area (Å²) in [5.41, 5.74) is 1.67. The van der Waals surface area contributed by atoms with Crippen LogP contribution in [0, 0.1) is 6.92 Å². The van der Waals surface area contributed by atoms with E-state index in [1.54, 1.807) is 11.3 Å². The van der Waals surface area contributed by atoms with E-state index in [0.29, 0.717) is 10.8 Å². The number of halogens is 1. The number of rotatable bonds is 4. The summed E-state index contributed by atoms with van der Waals surface area (Å²) in [5, 5.41) is 16.7. The molecule has 0 saturated heterocycles. The van der Waals surface area contributed by atoms with Crippen LogP contribution in [0.1, 0.15) is 19.7 Å². The number of aliphatic hydroxyl groups is 1. The Morgan fingerprint density at radius 3 is 2.57 bits per heavy atom. The first kappa shape index (κ1) is 16.2. The highest BCUT2D eigenvalue weighted by Crippen LogP contribution is 2.38. The molecule has 2 N–H and O–H groups in total. The zero-order chi connectivity index (χ0) is 16.6. The average molecular weight is 348 g/mol. The number of hydrogen-bond acceptors (Lipinski definition) is 5. The quantitative estimate of drug-likeness (QED) is 0.729. The molecule has 0 unspecified atom stereocenters. The summed E-state index contributed by atoms with van der Waals surface area (Å²) in [4.78, 5) is 10.0. The van der Waals surface area contributed by atoms with Gasteiger partial charge in [0.15, 0.2) is 0 Å². The van der Waals surface area contributed by atoms with Crippen molar-refractivity contribution in [1.29, 1.82) is 0 Å². The first-order valence-corrected chi connectivity index (χ1v) is 8.56. The maximum atomic E-state index is 9.55. The molecule has 120 valence electrons. The normalized spacial score (nSPS) is 11.9. The second-order valence-corrected chi connectivity index (χ2v) is 7.42. The topological polar surface area (TPSA) is 58.0 Å². The van der Waals surface area contributed by atoms with Gasteiger partial charge in [-0.05, 0) is 38.5 Å². The number of benzene rings is 1. The van der Waals surface area contributed by atoms with Crippen molar-refractivity contribution in [3.8, 4) is 11.1 Å². The van der Waals surface area contributed by atoms with Crippen molar-refractivity contribution in [3.05, 3.63) is 40.5 Å². The average Bonchev–Trinajstić information content (AvgIpc) is 2.91. The highest BCUT2D eigenvalue weighted by molar-refractivity contribution is 7.17. The molecule has 2 aromatic heterocycles. The van der Waals surface area contributed by atoms with Crippen LogP contribution in [-0.2, 0) is 0 Å². The number of thiophene rings is 1. The van der Waals surface area contributed by atoms with E-state index in [1.807, 2.05) is 45.0 Å². The molecule has 0 aliphatic heterocycles. The number of hydrogen-bond donors (Lipinski definition) is 2. The zero-order valence-electron chi connectivity index (χ0n) is 13.2. The molecule has 0 fully saturated rings. The number of nitrogens with one attached hydrogen (secondary N) is 1. The third kappa shape index (κ3) is 3.32. The molecule has 0 atom stereocenters. The maximum absolute atomic E-state index is 9.55. The van der Waals surface area contributed by atoms with Crippen LogP contribution in [0.25, 0.3) is 21.3 Å². The lowest BCUT2D eigenvalue weighted by Gasteiger charge is -2.25. The second kappa shape index (κ2) is 6.07. The van der Waals surface area contributed by atoms with E-state index in [2.05, 4.69) is 20.7 Å². The molecule has 6 heteroatoms. The van der Waals surface area contributed by atoms with E-state index < -0.39 is 5.54 Å². The smallest absolute Gasteiger partial charge is 0.139 e. The Labute approximate surface area is 144 Å². The molecule has 0 aliphatic rings. The molecular formula is C17H18ClN3OS. The van der Waals surface area contributed by atoms with Crippen LogP contribution in [-0.4, -0.2) is 27.2 Å². The molecule has 4 nitrogen and oxygen atoms in total. The second-order valence-electron chi connectivity index (χ2n) is 6.12. The summed E-state index contributed by atoms with van der Waals surface area (Å²) >= 11 is 7.58. The number of nitrogens with zero attached hydrogens (tertiary/aromatic N) is 2.